The molecule has 11 heteroatoms. The lowest BCUT2D eigenvalue weighted by Gasteiger charge is -2.25. The van der Waals surface area contributed by atoms with Gasteiger partial charge >= 0.3 is 0 Å². The van der Waals surface area contributed by atoms with E-state index in [1.807, 2.05) is 26.8 Å². The number of pyridine rings is 2. The van der Waals surface area contributed by atoms with E-state index in [9.17, 15) is 14.3 Å². The van der Waals surface area contributed by atoms with Crippen molar-refractivity contribution < 1.29 is 14.3 Å². The number of carbonyl (C=O) groups excluding carboxylic acids is 1. The Kier molecular flexibility index (Phi) is 6.24. The Morgan fingerprint density at radius 3 is 2.61 bits per heavy atom. The van der Waals surface area contributed by atoms with Crippen molar-refractivity contribution in [2.75, 3.05) is 17.6 Å². The topological polar surface area (TPSA) is 155 Å². The Morgan fingerprint density at radius 2 is 2.00 bits per heavy atom. The third kappa shape index (κ3) is 5.35. The molecule has 33 heavy (non-hydrogen) atoms. The van der Waals surface area contributed by atoms with Crippen LogP contribution in [0.1, 0.15) is 50.5 Å². The first-order valence-electron chi connectivity index (χ1n) is 10.3. The summed E-state index contributed by atoms with van der Waals surface area (Å²) in [6.45, 7) is 8.09. The number of halogens is 1. The highest BCUT2D eigenvalue weighted by Crippen LogP contribution is 2.25. The number of rotatable bonds is 6. The quantitative estimate of drug-likeness (QED) is 0.442. The zero-order chi connectivity index (χ0) is 24.6. The van der Waals surface area contributed by atoms with Gasteiger partial charge in [-0.05, 0) is 40.7 Å². The number of amides is 1. The van der Waals surface area contributed by atoms with Crippen LogP contribution in [-0.4, -0.2) is 54.6 Å². The number of nitrogens with two attached hydrogens (primary N) is 1. The van der Waals surface area contributed by atoms with E-state index in [4.69, 9.17) is 11.0 Å². The highest BCUT2D eigenvalue weighted by Gasteiger charge is 2.27. The van der Waals surface area contributed by atoms with Crippen molar-refractivity contribution in [2.45, 2.75) is 51.9 Å². The van der Waals surface area contributed by atoms with Gasteiger partial charge in [-0.25, -0.2) is 14.4 Å². The van der Waals surface area contributed by atoms with Gasteiger partial charge in [0, 0.05) is 23.2 Å². The van der Waals surface area contributed by atoms with E-state index >= 15 is 0 Å². The minimum absolute atomic E-state index is 0.0726. The molecule has 0 aliphatic carbocycles. The van der Waals surface area contributed by atoms with E-state index in [0.717, 1.165) is 0 Å². The molecule has 0 aromatic carbocycles. The minimum Gasteiger partial charge on any atom is -0.387 e. The predicted molar refractivity (Wildman–Crippen MR) is 123 cm³/mol. The molecule has 174 valence electrons. The van der Waals surface area contributed by atoms with Gasteiger partial charge in [0.2, 0.25) is 0 Å². The third-order valence-corrected chi connectivity index (χ3v) is 4.76. The molecule has 1 atom stereocenters. The van der Waals surface area contributed by atoms with Crippen LogP contribution in [0, 0.1) is 11.3 Å². The van der Waals surface area contributed by atoms with Crippen LogP contribution in [0.2, 0.25) is 0 Å². The van der Waals surface area contributed by atoms with Crippen LogP contribution < -0.4 is 16.4 Å². The molecular weight excluding hydrogens is 427 g/mol. The number of nitrogens with one attached hydrogen (secondary N) is 2. The van der Waals surface area contributed by atoms with Gasteiger partial charge in [0.05, 0.1) is 35.2 Å². The summed E-state index contributed by atoms with van der Waals surface area (Å²) in [6.07, 6.45) is 1.26. The smallest absolute Gasteiger partial charge is 0.255 e. The molecule has 5 N–H and O–H groups in total. The molecule has 1 amide bonds. The fraction of sp³-hybridized carbons (Fsp3) is 0.409. The van der Waals surface area contributed by atoms with Crippen molar-refractivity contribution in [1.29, 1.82) is 5.26 Å². The van der Waals surface area contributed by atoms with E-state index in [1.54, 1.807) is 18.3 Å². The Hall–Kier alpha value is -3.78. The number of hydrogen-bond acceptors (Lipinski definition) is 8. The van der Waals surface area contributed by atoms with Gasteiger partial charge in [0.25, 0.3) is 5.91 Å². The van der Waals surface area contributed by atoms with E-state index < -0.39 is 23.2 Å². The molecule has 0 unspecified atom stereocenters. The number of fused-ring (bicyclic) bond motifs is 1. The number of aromatic nitrogens is 4. The molecule has 0 bridgehead atoms. The van der Waals surface area contributed by atoms with Crippen LogP contribution in [0.25, 0.3) is 16.9 Å². The molecule has 0 saturated heterocycles. The largest absolute Gasteiger partial charge is 0.387 e. The Bertz CT molecular complexity index is 1230. The molecule has 3 heterocycles. The number of carbonyl (C=O) groups is 1. The van der Waals surface area contributed by atoms with Crippen molar-refractivity contribution in [2.24, 2.45) is 0 Å². The average molecular weight is 455 g/mol. The normalized spacial score (nSPS) is 12.9. The second-order valence-corrected chi connectivity index (χ2v) is 9.30. The van der Waals surface area contributed by atoms with Crippen LogP contribution in [0.3, 0.4) is 0 Å². The van der Waals surface area contributed by atoms with E-state index in [2.05, 4.69) is 25.7 Å². The molecule has 0 saturated carbocycles. The highest BCUT2D eigenvalue weighted by molar-refractivity contribution is 5.99. The molecular formula is C22H27FN8O2. The molecule has 3 aromatic rings. The molecule has 0 aliphatic rings. The minimum atomic E-state index is -1.64. The maximum absolute atomic E-state index is 14.1. The monoisotopic (exact) mass is 454 g/mol. The number of aliphatic hydroxyl groups is 1. The molecule has 0 fully saturated rings. The number of nitrogens with zero attached hydrogens (tertiary/aromatic N) is 5. The summed E-state index contributed by atoms with van der Waals surface area (Å²) < 4.78 is 15.6. The van der Waals surface area contributed by atoms with Crippen molar-refractivity contribution in [3.05, 3.63) is 35.7 Å². The second kappa shape index (κ2) is 8.63. The third-order valence-electron chi connectivity index (χ3n) is 4.76. The molecule has 0 spiro atoms. The van der Waals surface area contributed by atoms with Crippen LogP contribution in [-0.2, 0) is 0 Å². The highest BCUT2D eigenvalue weighted by atomic mass is 19.1. The van der Waals surface area contributed by atoms with Crippen molar-refractivity contribution in [3.63, 3.8) is 0 Å². The first kappa shape index (κ1) is 23.9. The number of hydrogen-bond donors (Lipinski definition) is 4. The van der Waals surface area contributed by atoms with Crippen LogP contribution in [0.15, 0.2) is 24.5 Å². The van der Waals surface area contributed by atoms with E-state index in [0.29, 0.717) is 22.5 Å². The maximum Gasteiger partial charge on any atom is 0.255 e. The number of nitriles is 1. The molecule has 3 aromatic heterocycles. The Morgan fingerprint density at radius 1 is 1.30 bits per heavy atom. The Labute approximate surface area is 190 Å². The summed E-state index contributed by atoms with van der Waals surface area (Å²) in [7, 11) is 0. The van der Waals surface area contributed by atoms with Gasteiger partial charge < -0.3 is 21.5 Å². The lowest BCUT2D eigenvalue weighted by molar-refractivity contribution is -0.00177. The molecule has 0 radical (unpaired) electrons. The van der Waals surface area contributed by atoms with Crippen LogP contribution in [0.4, 0.5) is 15.9 Å². The van der Waals surface area contributed by atoms with Gasteiger partial charge in [0.15, 0.2) is 11.5 Å². The standard InChI is InChI=1S/C22H27FN8O2/c1-21(2,3)30-15-7-17(26-10-14(15)20(32)27-11-16(23)22(4,5)33)31-19-13(9-28-31)6-12(8-24)18(25)29-19/h6-7,9-10,16,33H,11H2,1-5H3,(H2,25,29)(H,26,30)(H,27,32)/t16-/m1/s1. The molecule has 0 aliphatic heterocycles. The van der Waals surface area contributed by atoms with Gasteiger partial charge in [-0.1, -0.05) is 0 Å². The predicted octanol–water partition coefficient (Wildman–Crippen LogP) is 2.32. The SMILES string of the molecule is CC(C)(C)Nc1cc(-n2ncc3cc(C#N)c(N)nc32)ncc1C(=O)NC[C@@H](F)C(C)(C)O. The van der Waals surface area contributed by atoms with Gasteiger partial charge in [-0.3, -0.25) is 4.79 Å². The summed E-state index contributed by atoms with van der Waals surface area (Å²) in [4.78, 5) is 21.4. The summed E-state index contributed by atoms with van der Waals surface area (Å²) in [5.41, 5.74) is 5.18. The van der Waals surface area contributed by atoms with Gasteiger partial charge in [-0.15, -0.1) is 0 Å². The summed E-state index contributed by atoms with van der Waals surface area (Å²) >= 11 is 0. The van der Waals surface area contributed by atoms with Gasteiger partial charge in [0.1, 0.15) is 18.1 Å². The van der Waals surface area contributed by atoms with Crippen LogP contribution >= 0.6 is 0 Å². The summed E-state index contributed by atoms with van der Waals surface area (Å²) in [6, 6.07) is 5.20. The number of anilines is 2. The van der Waals surface area contributed by atoms with Crippen LogP contribution in [0.5, 0.6) is 0 Å². The molecule has 10 nitrogen and oxygen atoms in total. The van der Waals surface area contributed by atoms with Gasteiger partial charge in [-0.2, -0.15) is 15.0 Å². The zero-order valence-corrected chi connectivity index (χ0v) is 19.1. The van der Waals surface area contributed by atoms with Crippen molar-refractivity contribution in [3.8, 4) is 11.9 Å². The Balaban J connectivity index is 2.00. The first-order chi connectivity index (χ1) is 15.3. The maximum atomic E-state index is 14.1. The lowest BCUT2D eigenvalue weighted by atomic mass is 10.0. The first-order valence-corrected chi connectivity index (χ1v) is 10.3. The molecule has 3 rings (SSSR count). The fourth-order valence-electron chi connectivity index (χ4n) is 3.01. The number of nitrogen functional groups attached to an aromatic ring is 1. The van der Waals surface area contributed by atoms with E-state index in [-0.39, 0.29) is 23.5 Å². The fourth-order valence-corrected chi connectivity index (χ4v) is 3.01. The lowest BCUT2D eigenvalue weighted by Crippen LogP contribution is -2.42. The average Bonchev–Trinajstić information content (AvgIpc) is 3.11. The van der Waals surface area contributed by atoms with Crippen molar-refractivity contribution >= 4 is 28.4 Å². The zero-order valence-electron chi connectivity index (χ0n) is 19.1. The summed E-state index contributed by atoms with van der Waals surface area (Å²) in [5.74, 6) is -0.104. The summed E-state index contributed by atoms with van der Waals surface area (Å²) in [5, 5.41) is 29.6. The number of alkyl halides is 1. The second-order valence-electron chi connectivity index (χ2n) is 9.30. The van der Waals surface area contributed by atoms with E-state index in [1.165, 1.54) is 24.7 Å². The van der Waals surface area contributed by atoms with Crippen molar-refractivity contribution in [1.82, 2.24) is 25.1 Å².